The van der Waals surface area contributed by atoms with E-state index >= 15 is 0 Å². The van der Waals surface area contributed by atoms with E-state index in [-0.39, 0.29) is 6.10 Å². The van der Waals surface area contributed by atoms with Crippen molar-refractivity contribution in [3.8, 4) is 0 Å². The number of hydrogen-bond donors (Lipinski definition) is 2. The van der Waals surface area contributed by atoms with Gasteiger partial charge in [-0.25, -0.2) is 0 Å². The van der Waals surface area contributed by atoms with Crippen molar-refractivity contribution in [1.82, 2.24) is 10.2 Å². The van der Waals surface area contributed by atoms with Crippen molar-refractivity contribution < 1.29 is 5.11 Å². The average Bonchev–Trinajstić information content (AvgIpc) is 2.05. The van der Waals surface area contributed by atoms with Crippen LogP contribution in [0.5, 0.6) is 0 Å². The van der Waals surface area contributed by atoms with Crippen LogP contribution in [0.1, 0.15) is 19.8 Å². The summed E-state index contributed by atoms with van der Waals surface area (Å²) in [7, 11) is 1.97. The van der Waals surface area contributed by atoms with Crippen LogP contribution in [0, 0.1) is 0 Å². The summed E-state index contributed by atoms with van der Waals surface area (Å²) < 4.78 is 0. The number of likely N-dealkylation sites (N-methyl/N-ethyl adjacent to an activating group) is 1. The van der Waals surface area contributed by atoms with Gasteiger partial charge in [-0.1, -0.05) is 0 Å². The Morgan fingerprint density at radius 3 is 3.00 bits per heavy atom. The molecule has 0 spiro atoms. The number of piperidine rings is 1. The van der Waals surface area contributed by atoms with Gasteiger partial charge < -0.3 is 10.4 Å². The van der Waals surface area contributed by atoms with Crippen LogP contribution in [0.4, 0.5) is 0 Å². The summed E-state index contributed by atoms with van der Waals surface area (Å²) >= 11 is 0. The van der Waals surface area contributed by atoms with Crippen LogP contribution in [0.3, 0.4) is 0 Å². The molecule has 2 N–H and O–H groups in total. The number of β-amino-alcohol motifs (C(OH)–C–C–N with tert-alkyl or cyclic N) is 1. The van der Waals surface area contributed by atoms with Crippen molar-refractivity contribution in [2.75, 3.05) is 26.7 Å². The van der Waals surface area contributed by atoms with Gasteiger partial charge in [-0.3, -0.25) is 4.90 Å². The van der Waals surface area contributed by atoms with Gasteiger partial charge in [-0.05, 0) is 33.4 Å². The highest BCUT2D eigenvalue weighted by atomic mass is 16.3. The summed E-state index contributed by atoms with van der Waals surface area (Å²) in [6.45, 7) is 5.20. The largest absolute Gasteiger partial charge is 0.392 e. The lowest BCUT2D eigenvalue weighted by Gasteiger charge is -2.34. The lowest BCUT2D eigenvalue weighted by Crippen LogP contribution is -2.46. The van der Waals surface area contributed by atoms with Crippen LogP contribution in [0.25, 0.3) is 0 Å². The molecule has 72 valence electrons. The first kappa shape index (κ1) is 9.96. The number of nitrogens with one attached hydrogen (secondary N) is 1. The third-order valence-electron chi connectivity index (χ3n) is 2.55. The van der Waals surface area contributed by atoms with E-state index in [0.717, 1.165) is 32.5 Å². The smallest absolute Gasteiger partial charge is 0.0667 e. The van der Waals surface area contributed by atoms with E-state index < -0.39 is 0 Å². The maximum Gasteiger partial charge on any atom is 0.0667 e. The minimum absolute atomic E-state index is 0.0990. The van der Waals surface area contributed by atoms with E-state index in [1.165, 1.54) is 0 Å². The van der Waals surface area contributed by atoms with Gasteiger partial charge >= 0.3 is 0 Å². The first-order chi connectivity index (χ1) is 5.74. The molecule has 1 heterocycles. The molecule has 0 radical (unpaired) electrons. The van der Waals surface area contributed by atoms with Crippen LogP contribution in [-0.2, 0) is 0 Å². The van der Waals surface area contributed by atoms with Crippen LogP contribution in [-0.4, -0.2) is 48.8 Å². The molecule has 0 bridgehead atoms. The van der Waals surface area contributed by atoms with Gasteiger partial charge in [0, 0.05) is 19.1 Å². The summed E-state index contributed by atoms with van der Waals surface area (Å²) in [5, 5.41) is 12.6. The second-order valence-electron chi connectivity index (χ2n) is 3.70. The zero-order chi connectivity index (χ0) is 8.97. The molecule has 2 atom stereocenters. The van der Waals surface area contributed by atoms with Gasteiger partial charge in [-0.2, -0.15) is 0 Å². The van der Waals surface area contributed by atoms with Crippen molar-refractivity contribution in [3.05, 3.63) is 0 Å². The van der Waals surface area contributed by atoms with Crippen molar-refractivity contribution in [2.45, 2.75) is 31.9 Å². The minimum Gasteiger partial charge on any atom is -0.392 e. The molecule has 0 aliphatic carbocycles. The van der Waals surface area contributed by atoms with Crippen LogP contribution >= 0.6 is 0 Å². The number of aliphatic hydroxyl groups is 1. The average molecular weight is 172 g/mol. The lowest BCUT2D eigenvalue weighted by molar-refractivity contribution is 0.0510. The first-order valence-corrected chi connectivity index (χ1v) is 4.80. The molecule has 3 heteroatoms. The Morgan fingerprint density at radius 2 is 2.42 bits per heavy atom. The quantitative estimate of drug-likeness (QED) is 0.631. The highest BCUT2D eigenvalue weighted by molar-refractivity contribution is 4.76. The molecule has 0 saturated carbocycles. The fraction of sp³-hybridized carbons (Fsp3) is 1.00. The van der Waals surface area contributed by atoms with Crippen molar-refractivity contribution >= 4 is 0 Å². The maximum absolute atomic E-state index is 9.43. The number of nitrogens with zero attached hydrogens (tertiary/aromatic N) is 1. The topological polar surface area (TPSA) is 35.5 Å². The van der Waals surface area contributed by atoms with E-state index in [4.69, 9.17) is 0 Å². The first-order valence-electron chi connectivity index (χ1n) is 4.80. The number of aliphatic hydroxyl groups excluding tert-OH is 1. The van der Waals surface area contributed by atoms with Crippen molar-refractivity contribution in [2.24, 2.45) is 0 Å². The molecule has 2 unspecified atom stereocenters. The van der Waals surface area contributed by atoms with Crippen LogP contribution in [0.2, 0.25) is 0 Å². The molecule has 1 aliphatic heterocycles. The molecule has 0 aromatic rings. The maximum atomic E-state index is 9.43. The number of hydrogen-bond acceptors (Lipinski definition) is 3. The zero-order valence-electron chi connectivity index (χ0n) is 8.08. The molecule has 0 aromatic heterocycles. The van der Waals surface area contributed by atoms with E-state index in [2.05, 4.69) is 17.1 Å². The second-order valence-corrected chi connectivity index (χ2v) is 3.70. The number of rotatable bonds is 3. The Kier molecular flexibility index (Phi) is 3.98. The molecule has 1 saturated heterocycles. The van der Waals surface area contributed by atoms with Crippen molar-refractivity contribution in [3.63, 3.8) is 0 Å². The highest BCUT2D eigenvalue weighted by Crippen LogP contribution is 2.12. The molecular formula is C9H20N2O. The minimum atomic E-state index is -0.0990. The Morgan fingerprint density at radius 1 is 1.67 bits per heavy atom. The predicted octanol–water partition coefficient (Wildman–Crippen LogP) is 0.0510. The monoisotopic (exact) mass is 172 g/mol. The normalized spacial score (nSPS) is 28.8. The van der Waals surface area contributed by atoms with Gasteiger partial charge in [0.15, 0.2) is 0 Å². The highest BCUT2D eigenvalue weighted by Gasteiger charge is 2.20. The van der Waals surface area contributed by atoms with Gasteiger partial charge in [0.05, 0.1) is 6.10 Å². The predicted molar refractivity (Wildman–Crippen MR) is 50.2 cm³/mol. The standard InChI is InChI=1S/C9H20N2O/c1-8(6-10-2)11-5-3-4-9(12)7-11/h8-10,12H,3-7H2,1-2H3. The molecule has 1 aliphatic rings. The molecule has 0 amide bonds. The zero-order valence-corrected chi connectivity index (χ0v) is 8.08. The third-order valence-corrected chi connectivity index (χ3v) is 2.55. The summed E-state index contributed by atoms with van der Waals surface area (Å²) in [4.78, 5) is 2.35. The SMILES string of the molecule is CNCC(C)N1CCCC(O)C1. The van der Waals surface area contributed by atoms with Gasteiger partial charge in [0.1, 0.15) is 0 Å². The van der Waals surface area contributed by atoms with Crippen molar-refractivity contribution in [1.29, 1.82) is 0 Å². The molecular weight excluding hydrogens is 152 g/mol. The Balaban J connectivity index is 2.29. The van der Waals surface area contributed by atoms with E-state index in [1.54, 1.807) is 0 Å². The molecule has 0 aromatic carbocycles. The van der Waals surface area contributed by atoms with E-state index in [0.29, 0.717) is 6.04 Å². The van der Waals surface area contributed by atoms with Crippen LogP contribution < -0.4 is 5.32 Å². The van der Waals surface area contributed by atoms with Crippen LogP contribution in [0.15, 0.2) is 0 Å². The van der Waals surface area contributed by atoms with Gasteiger partial charge in [0.25, 0.3) is 0 Å². The molecule has 3 nitrogen and oxygen atoms in total. The lowest BCUT2D eigenvalue weighted by atomic mass is 10.1. The van der Waals surface area contributed by atoms with Gasteiger partial charge in [-0.15, -0.1) is 0 Å². The summed E-state index contributed by atoms with van der Waals surface area (Å²) in [5.74, 6) is 0. The summed E-state index contributed by atoms with van der Waals surface area (Å²) in [6.07, 6.45) is 2.01. The van der Waals surface area contributed by atoms with E-state index in [9.17, 15) is 5.11 Å². The Labute approximate surface area is 74.8 Å². The van der Waals surface area contributed by atoms with E-state index in [1.807, 2.05) is 7.05 Å². The molecule has 12 heavy (non-hydrogen) atoms. The third kappa shape index (κ3) is 2.73. The fourth-order valence-corrected chi connectivity index (χ4v) is 1.81. The number of likely N-dealkylation sites (tertiary alicyclic amines) is 1. The Bertz CT molecular complexity index is 130. The Hall–Kier alpha value is -0.120. The molecule has 1 fully saturated rings. The summed E-state index contributed by atoms with van der Waals surface area (Å²) in [5.41, 5.74) is 0. The fourth-order valence-electron chi connectivity index (χ4n) is 1.81. The second kappa shape index (κ2) is 4.80. The molecule has 1 rings (SSSR count). The summed E-state index contributed by atoms with van der Waals surface area (Å²) in [6, 6.07) is 0.546. The van der Waals surface area contributed by atoms with Gasteiger partial charge in [0.2, 0.25) is 0 Å².